The maximum Gasteiger partial charge on any atom is 0.251 e. The van der Waals surface area contributed by atoms with Crippen LogP contribution in [0.3, 0.4) is 0 Å². The van der Waals surface area contributed by atoms with Gasteiger partial charge in [-0.05, 0) is 31.0 Å². The first-order valence-electron chi connectivity index (χ1n) is 7.29. The molecule has 0 radical (unpaired) electrons. The first-order chi connectivity index (χ1) is 9.81. The molecule has 1 amide bonds. The zero-order chi connectivity index (χ0) is 14.2. The molecule has 0 saturated heterocycles. The lowest BCUT2D eigenvalue weighted by atomic mass is 10.1. The number of hydrogen-bond donors (Lipinski definition) is 3. The minimum absolute atomic E-state index is 0.0318. The van der Waals surface area contributed by atoms with Crippen LogP contribution in [0.1, 0.15) is 30.1 Å². The number of benzene rings is 1. The first kappa shape index (κ1) is 14.7. The summed E-state index contributed by atoms with van der Waals surface area (Å²) < 4.78 is 5.38. The summed E-state index contributed by atoms with van der Waals surface area (Å²) >= 11 is 0. The van der Waals surface area contributed by atoms with Crippen LogP contribution >= 0.6 is 0 Å². The van der Waals surface area contributed by atoms with E-state index in [1.54, 1.807) is 0 Å². The molecule has 20 heavy (non-hydrogen) atoms. The summed E-state index contributed by atoms with van der Waals surface area (Å²) in [6.45, 7) is 6.01. The van der Waals surface area contributed by atoms with Crippen molar-refractivity contribution in [2.75, 3.05) is 43.5 Å². The third-order valence-electron chi connectivity index (χ3n) is 3.14. The highest BCUT2D eigenvalue weighted by Crippen LogP contribution is 2.25. The SMILES string of the molecule is CCCOCCCNC(=O)c1ccc2c(c1)NCCN2. The predicted molar refractivity (Wildman–Crippen MR) is 81.5 cm³/mol. The predicted octanol–water partition coefficient (Wildman–Crippen LogP) is 2.07. The van der Waals surface area contributed by atoms with Crippen LogP contribution in [0.4, 0.5) is 11.4 Å². The van der Waals surface area contributed by atoms with E-state index < -0.39 is 0 Å². The number of carbonyl (C=O) groups is 1. The van der Waals surface area contributed by atoms with Gasteiger partial charge >= 0.3 is 0 Å². The highest BCUT2D eigenvalue weighted by Gasteiger charge is 2.11. The number of fused-ring (bicyclic) bond motifs is 1. The van der Waals surface area contributed by atoms with Crippen LogP contribution in [0.25, 0.3) is 0 Å². The van der Waals surface area contributed by atoms with E-state index in [0.29, 0.717) is 18.7 Å². The summed E-state index contributed by atoms with van der Waals surface area (Å²) in [7, 11) is 0. The normalized spacial score (nSPS) is 13.1. The molecule has 1 aliphatic heterocycles. The molecule has 5 nitrogen and oxygen atoms in total. The van der Waals surface area contributed by atoms with E-state index in [-0.39, 0.29) is 5.91 Å². The smallest absolute Gasteiger partial charge is 0.251 e. The van der Waals surface area contributed by atoms with Crippen molar-refractivity contribution in [3.63, 3.8) is 0 Å². The Morgan fingerprint density at radius 2 is 2.05 bits per heavy atom. The maximum atomic E-state index is 12.0. The molecular formula is C15H23N3O2. The molecule has 0 atom stereocenters. The van der Waals surface area contributed by atoms with Crippen molar-refractivity contribution in [3.05, 3.63) is 23.8 Å². The van der Waals surface area contributed by atoms with Crippen LogP contribution in [0.5, 0.6) is 0 Å². The van der Waals surface area contributed by atoms with Gasteiger partial charge in [-0.25, -0.2) is 0 Å². The Hall–Kier alpha value is -1.75. The van der Waals surface area contributed by atoms with Gasteiger partial charge in [-0.1, -0.05) is 6.92 Å². The van der Waals surface area contributed by atoms with Gasteiger partial charge in [0.25, 0.3) is 5.91 Å². The molecule has 0 spiro atoms. The van der Waals surface area contributed by atoms with Crippen molar-refractivity contribution >= 4 is 17.3 Å². The van der Waals surface area contributed by atoms with Gasteiger partial charge in [-0.15, -0.1) is 0 Å². The summed E-state index contributed by atoms with van der Waals surface area (Å²) in [5.74, 6) is -0.0318. The van der Waals surface area contributed by atoms with E-state index in [1.807, 2.05) is 18.2 Å². The second kappa shape index (κ2) is 7.75. The molecular weight excluding hydrogens is 254 g/mol. The van der Waals surface area contributed by atoms with Crippen LogP contribution in [0.15, 0.2) is 18.2 Å². The van der Waals surface area contributed by atoms with Crippen LogP contribution in [0, 0.1) is 0 Å². The molecule has 0 unspecified atom stereocenters. The summed E-state index contributed by atoms with van der Waals surface area (Å²) in [6.07, 6.45) is 1.87. The minimum atomic E-state index is -0.0318. The van der Waals surface area contributed by atoms with Gasteiger partial charge in [0.1, 0.15) is 0 Å². The number of carbonyl (C=O) groups excluding carboxylic acids is 1. The molecule has 0 aromatic heterocycles. The van der Waals surface area contributed by atoms with Crippen molar-refractivity contribution < 1.29 is 9.53 Å². The van der Waals surface area contributed by atoms with E-state index >= 15 is 0 Å². The molecule has 5 heteroatoms. The fourth-order valence-electron chi connectivity index (χ4n) is 2.10. The molecule has 110 valence electrons. The Morgan fingerprint density at radius 1 is 1.25 bits per heavy atom. The van der Waals surface area contributed by atoms with E-state index in [0.717, 1.165) is 43.9 Å². The molecule has 1 aromatic carbocycles. The highest BCUT2D eigenvalue weighted by atomic mass is 16.5. The lowest BCUT2D eigenvalue weighted by Gasteiger charge is -2.20. The average molecular weight is 277 g/mol. The second-order valence-electron chi connectivity index (χ2n) is 4.84. The van der Waals surface area contributed by atoms with Crippen LogP contribution in [-0.4, -0.2) is 38.8 Å². The highest BCUT2D eigenvalue weighted by molar-refractivity contribution is 5.96. The van der Waals surface area contributed by atoms with Crippen molar-refractivity contribution in [2.45, 2.75) is 19.8 Å². The summed E-state index contributed by atoms with van der Waals surface area (Å²) in [5.41, 5.74) is 2.74. The van der Waals surface area contributed by atoms with Crippen molar-refractivity contribution in [1.82, 2.24) is 5.32 Å². The molecule has 3 N–H and O–H groups in total. The number of hydrogen-bond acceptors (Lipinski definition) is 4. The summed E-state index contributed by atoms with van der Waals surface area (Å²) in [6, 6.07) is 5.69. The Morgan fingerprint density at radius 3 is 2.85 bits per heavy atom. The Kier molecular flexibility index (Phi) is 5.68. The zero-order valence-electron chi connectivity index (χ0n) is 12.0. The van der Waals surface area contributed by atoms with E-state index in [4.69, 9.17) is 4.74 Å². The minimum Gasteiger partial charge on any atom is -0.382 e. The third-order valence-corrected chi connectivity index (χ3v) is 3.14. The molecule has 0 saturated carbocycles. The largest absolute Gasteiger partial charge is 0.382 e. The summed E-state index contributed by atoms with van der Waals surface area (Å²) in [5, 5.41) is 9.49. The molecule has 1 heterocycles. The molecule has 0 aliphatic carbocycles. The average Bonchev–Trinajstić information content (AvgIpc) is 2.50. The summed E-state index contributed by atoms with van der Waals surface area (Å²) in [4.78, 5) is 12.0. The number of ether oxygens (including phenoxy) is 1. The number of anilines is 2. The molecule has 0 bridgehead atoms. The molecule has 0 fully saturated rings. The van der Waals surface area contributed by atoms with Gasteiger partial charge in [-0.3, -0.25) is 4.79 Å². The molecule has 1 aliphatic rings. The lowest BCUT2D eigenvalue weighted by Crippen LogP contribution is -2.26. The number of amides is 1. The Bertz CT molecular complexity index is 449. The fraction of sp³-hybridized carbons (Fsp3) is 0.533. The quantitative estimate of drug-likeness (QED) is 0.668. The third kappa shape index (κ3) is 4.13. The second-order valence-corrected chi connectivity index (χ2v) is 4.84. The Labute approximate surface area is 120 Å². The fourth-order valence-corrected chi connectivity index (χ4v) is 2.10. The van der Waals surface area contributed by atoms with Gasteiger partial charge in [0, 0.05) is 38.4 Å². The van der Waals surface area contributed by atoms with E-state index in [9.17, 15) is 4.79 Å². The maximum absolute atomic E-state index is 12.0. The zero-order valence-corrected chi connectivity index (χ0v) is 12.0. The number of rotatable bonds is 7. The lowest BCUT2D eigenvalue weighted by molar-refractivity contribution is 0.0941. The number of nitrogens with one attached hydrogen (secondary N) is 3. The molecule has 2 rings (SSSR count). The van der Waals surface area contributed by atoms with Crippen LogP contribution in [-0.2, 0) is 4.74 Å². The monoisotopic (exact) mass is 277 g/mol. The van der Waals surface area contributed by atoms with Gasteiger partial charge in [0.05, 0.1) is 11.4 Å². The van der Waals surface area contributed by atoms with Gasteiger partial charge in [0.15, 0.2) is 0 Å². The van der Waals surface area contributed by atoms with Gasteiger partial charge in [-0.2, -0.15) is 0 Å². The van der Waals surface area contributed by atoms with Gasteiger partial charge < -0.3 is 20.7 Å². The van der Waals surface area contributed by atoms with Crippen LogP contribution in [0.2, 0.25) is 0 Å². The topological polar surface area (TPSA) is 62.4 Å². The van der Waals surface area contributed by atoms with Crippen molar-refractivity contribution in [2.24, 2.45) is 0 Å². The van der Waals surface area contributed by atoms with Crippen molar-refractivity contribution in [1.29, 1.82) is 0 Å². The van der Waals surface area contributed by atoms with Crippen molar-refractivity contribution in [3.8, 4) is 0 Å². The standard InChI is InChI=1S/C15H23N3O2/c1-2-9-20-10-3-6-18-15(19)12-4-5-13-14(11-12)17-8-7-16-13/h4-5,11,16-17H,2-3,6-10H2,1H3,(H,18,19). The van der Waals surface area contributed by atoms with Crippen LogP contribution < -0.4 is 16.0 Å². The Balaban J connectivity index is 1.77. The van der Waals surface area contributed by atoms with E-state index in [1.165, 1.54) is 0 Å². The van der Waals surface area contributed by atoms with Gasteiger partial charge in [0.2, 0.25) is 0 Å². The molecule has 1 aromatic rings. The first-order valence-corrected chi connectivity index (χ1v) is 7.29. The van der Waals surface area contributed by atoms with E-state index in [2.05, 4.69) is 22.9 Å².